The molecule has 2 aromatic heterocycles. The summed E-state index contributed by atoms with van der Waals surface area (Å²) in [4.78, 5) is 21.1. The summed E-state index contributed by atoms with van der Waals surface area (Å²) >= 11 is 7.38. The number of halogens is 1. The Kier molecular flexibility index (Phi) is 5.69. The van der Waals surface area contributed by atoms with E-state index in [-0.39, 0.29) is 11.7 Å². The van der Waals surface area contributed by atoms with Gasteiger partial charge in [-0.15, -0.1) is 5.10 Å². The normalized spacial score (nSPS) is 11.1. The van der Waals surface area contributed by atoms with Crippen molar-refractivity contribution in [2.75, 3.05) is 11.1 Å². The maximum absolute atomic E-state index is 12.5. The number of benzene rings is 2. The predicted molar refractivity (Wildman–Crippen MR) is 119 cm³/mol. The van der Waals surface area contributed by atoms with E-state index in [1.54, 1.807) is 16.8 Å². The molecule has 7 nitrogen and oxygen atoms in total. The third-order valence-corrected chi connectivity index (χ3v) is 5.75. The average molecular weight is 439 g/mol. The molecule has 0 aliphatic rings. The second kappa shape index (κ2) is 8.41. The Balaban J connectivity index is 1.53. The first-order chi connectivity index (χ1) is 14.4. The highest BCUT2D eigenvalue weighted by Crippen LogP contribution is 2.26. The molecule has 0 radical (unpaired) electrons. The van der Waals surface area contributed by atoms with Crippen LogP contribution in [-0.4, -0.2) is 36.6 Å². The van der Waals surface area contributed by atoms with Crippen LogP contribution in [-0.2, 0) is 4.79 Å². The van der Waals surface area contributed by atoms with E-state index in [2.05, 4.69) is 37.7 Å². The zero-order valence-electron chi connectivity index (χ0n) is 16.7. The van der Waals surface area contributed by atoms with Gasteiger partial charge in [0, 0.05) is 10.7 Å². The molecule has 0 saturated heterocycles. The fourth-order valence-electron chi connectivity index (χ4n) is 3.30. The van der Waals surface area contributed by atoms with E-state index in [0.717, 1.165) is 22.5 Å². The lowest BCUT2D eigenvalue weighted by molar-refractivity contribution is -0.113. The molecular weight excluding hydrogens is 420 g/mol. The number of hydrogen-bond donors (Lipinski definition) is 1. The highest BCUT2D eigenvalue weighted by Gasteiger charge is 2.15. The van der Waals surface area contributed by atoms with Crippen molar-refractivity contribution >= 4 is 46.1 Å². The third kappa shape index (κ3) is 4.15. The molecule has 30 heavy (non-hydrogen) atoms. The number of carbonyl (C=O) groups is 1. The standard InChI is InChI=1S/C21H19ClN6OS/c1-12-7-13(2)18(14(3)8-12)25-17(29)10-30-21-19-20(23-11-24-21)28(27-26-19)16-6-4-5-15(22)9-16/h4-9,11H,10H2,1-3H3,(H,25,29). The molecule has 0 bridgehead atoms. The molecule has 0 aliphatic heterocycles. The fraction of sp³-hybridized carbons (Fsp3) is 0.190. The van der Waals surface area contributed by atoms with Crippen molar-refractivity contribution in [3.05, 3.63) is 64.4 Å². The minimum atomic E-state index is -0.107. The Labute approximate surface area is 182 Å². The number of rotatable bonds is 5. The minimum absolute atomic E-state index is 0.107. The van der Waals surface area contributed by atoms with Gasteiger partial charge < -0.3 is 5.32 Å². The summed E-state index contributed by atoms with van der Waals surface area (Å²) < 4.78 is 1.60. The Morgan fingerprint density at radius 3 is 2.63 bits per heavy atom. The molecule has 2 heterocycles. The first kappa shape index (κ1) is 20.3. The summed E-state index contributed by atoms with van der Waals surface area (Å²) in [5.74, 6) is 0.0900. The average Bonchev–Trinajstić information content (AvgIpc) is 3.14. The molecule has 2 aromatic carbocycles. The molecule has 0 atom stereocenters. The van der Waals surface area contributed by atoms with E-state index >= 15 is 0 Å². The van der Waals surface area contributed by atoms with E-state index in [9.17, 15) is 4.79 Å². The van der Waals surface area contributed by atoms with Crippen molar-refractivity contribution in [2.24, 2.45) is 0 Å². The summed E-state index contributed by atoms with van der Waals surface area (Å²) in [5.41, 5.74) is 5.95. The van der Waals surface area contributed by atoms with Crippen LogP contribution in [0.3, 0.4) is 0 Å². The second-order valence-corrected chi connectivity index (χ2v) is 8.34. The topological polar surface area (TPSA) is 85.6 Å². The quantitative estimate of drug-likeness (QED) is 0.364. The molecule has 0 fully saturated rings. The SMILES string of the molecule is Cc1cc(C)c(NC(=O)CSc2ncnc3c2nnn3-c2cccc(Cl)c2)c(C)c1. The van der Waals surface area contributed by atoms with Crippen molar-refractivity contribution in [3.63, 3.8) is 0 Å². The molecule has 0 spiro atoms. The van der Waals surface area contributed by atoms with Crippen LogP contribution in [0.1, 0.15) is 16.7 Å². The van der Waals surface area contributed by atoms with E-state index in [0.29, 0.717) is 21.2 Å². The van der Waals surface area contributed by atoms with Gasteiger partial charge in [0.1, 0.15) is 11.4 Å². The van der Waals surface area contributed by atoms with Crippen molar-refractivity contribution in [2.45, 2.75) is 25.8 Å². The number of thioether (sulfide) groups is 1. The van der Waals surface area contributed by atoms with Gasteiger partial charge in [0.2, 0.25) is 5.91 Å². The van der Waals surface area contributed by atoms with Crippen LogP contribution < -0.4 is 5.32 Å². The van der Waals surface area contributed by atoms with E-state index in [1.165, 1.54) is 23.7 Å². The Bertz CT molecular complexity index is 1230. The zero-order chi connectivity index (χ0) is 21.3. The van der Waals surface area contributed by atoms with Crippen molar-refractivity contribution < 1.29 is 4.79 Å². The fourth-order valence-corrected chi connectivity index (χ4v) is 4.22. The number of amides is 1. The number of nitrogens with zero attached hydrogens (tertiary/aromatic N) is 5. The monoisotopic (exact) mass is 438 g/mol. The van der Waals surface area contributed by atoms with Crippen LogP contribution in [0.15, 0.2) is 47.8 Å². The maximum atomic E-state index is 12.5. The van der Waals surface area contributed by atoms with Crippen molar-refractivity contribution in [3.8, 4) is 5.69 Å². The number of nitrogens with one attached hydrogen (secondary N) is 1. The molecule has 1 amide bonds. The van der Waals surface area contributed by atoms with Crippen LogP contribution >= 0.6 is 23.4 Å². The molecule has 4 aromatic rings. The van der Waals surface area contributed by atoms with E-state index < -0.39 is 0 Å². The van der Waals surface area contributed by atoms with E-state index in [1.807, 2.05) is 32.9 Å². The molecule has 0 unspecified atom stereocenters. The minimum Gasteiger partial charge on any atom is -0.325 e. The summed E-state index contributed by atoms with van der Waals surface area (Å²) in [5, 5.41) is 12.6. The largest absolute Gasteiger partial charge is 0.325 e. The van der Waals surface area contributed by atoms with E-state index in [4.69, 9.17) is 11.6 Å². The Hall–Kier alpha value is -2.97. The van der Waals surface area contributed by atoms with Crippen LogP contribution in [0.25, 0.3) is 16.9 Å². The highest BCUT2D eigenvalue weighted by molar-refractivity contribution is 8.00. The summed E-state index contributed by atoms with van der Waals surface area (Å²) in [6, 6.07) is 11.4. The first-order valence-corrected chi connectivity index (χ1v) is 10.6. The maximum Gasteiger partial charge on any atom is 0.234 e. The van der Waals surface area contributed by atoms with Gasteiger partial charge in [-0.25, -0.2) is 9.97 Å². The lowest BCUT2D eigenvalue weighted by atomic mass is 10.1. The van der Waals surface area contributed by atoms with Gasteiger partial charge in [-0.1, -0.05) is 52.3 Å². The second-order valence-electron chi connectivity index (χ2n) is 6.94. The van der Waals surface area contributed by atoms with Crippen molar-refractivity contribution in [1.82, 2.24) is 25.0 Å². The Morgan fingerprint density at radius 2 is 1.90 bits per heavy atom. The van der Waals surface area contributed by atoms with Gasteiger partial charge in [0.15, 0.2) is 11.2 Å². The Morgan fingerprint density at radius 1 is 1.13 bits per heavy atom. The van der Waals surface area contributed by atoms with Gasteiger partial charge in [0.05, 0.1) is 11.4 Å². The van der Waals surface area contributed by atoms with Gasteiger partial charge in [-0.05, 0) is 50.1 Å². The molecule has 0 aliphatic carbocycles. The molecule has 0 saturated carbocycles. The summed E-state index contributed by atoms with van der Waals surface area (Å²) in [7, 11) is 0. The first-order valence-electron chi connectivity index (χ1n) is 9.25. The molecule has 9 heteroatoms. The van der Waals surface area contributed by atoms with Crippen LogP contribution in [0.4, 0.5) is 5.69 Å². The lowest BCUT2D eigenvalue weighted by Gasteiger charge is -2.12. The van der Waals surface area contributed by atoms with Crippen LogP contribution in [0.5, 0.6) is 0 Å². The summed E-state index contributed by atoms with van der Waals surface area (Å²) in [6.45, 7) is 6.02. The van der Waals surface area contributed by atoms with Gasteiger partial charge in [-0.2, -0.15) is 4.68 Å². The predicted octanol–water partition coefficient (Wildman–Crippen LogP) is 4.52. The number of aromatic nitrogens is 5. The third-order valence-electron chi connectivity index (χ3n) is 4.54. The molecule has 1 N–H and O–H groups in total. The summed E-state index contributed by atoms with van der Waals surface area (Å²) in [6.07, 6.45) is 1.45. The zero-order valence-corrected chi connectivity index (χ0v) is 18.3. The number of aryl methyl sites for hydroxylation is 3. The molecular formula is C21H19ClN6OS. The molecule has 152 valence electrons. The number of hydrogen-bond acceptors (Lipinski definition) is 6. The number of anilines is 1. The van der Waals surface area contributed by atoms with Crippen molar-refractivity contribution in [1.29, 1.82) is 0 Å². The highest BCUT2D eigenvalue weighted by atomic mass is 35.5. The van der Waals surface area contributed by atoms with Crippen LogP contribution in [0, 0.1) is 20.8 Å². The number of fused-ring (bicyclic) bond motifs is 1. The molecule has 4 rings (SSSR count). The number of carbonyl (C=O) groups excluding carboxylic acids is 1. The smallest absolute Gasteiger partial charge is 0.234 e. The van der Waals surface area contributed by atoms with Gasteiger partial charge in [0.25, 0.3) is 0 Å². The van der Waals surface area contributed by atoms with Crippen LogP contribution in [0.2, 0.25) is 5.02 Å². The van der Waals surface area contributed by atoms with Gasteiger partial charge >= 0.3 is 0 Å². The van der Waals surface area contributed by atoms with Gasteiger partial charge in [-0.3, -0.25) is 4.79 Å². The lowest BCUT2D eigenvalue weighted by Crippen LogP contribution is -2.16.